The van der Waals surface area contributed by atoms with Crippen LogP contribution in [-0.2, 0) is 13.0 Å². The molecule has 3 aromatic carbocycles. The van der Waals surface area contributed by atoms with Gasteiger partial charge in [0.25, 0.3) is 11.8 Å². The molecule has 0 saturated heterocycles. The molecule has 37 heavy (non-hydrogen) atoms. The van der Waals surface area contributed by atoms with Gasteiger partial charge in [-0.3, -0.25) is 9.59 Å². The van der Waals surface area contributed by atoms with Gasteiger partial charge in [0.05, 0.1) is 14.2 Å². The van der Waals surface area contributed by atoms with Crippen molar-refractivity contribution in [1.29, 1.82) is 0 Å². The summed E-state index contributed by atoms with van der Waals surface area (Å²) in [6.45, 7) is 0.916. The van der Waals surface area contributed by atoms with Crippen LogP contribution in [0.3, 0.4) is 0 Å². The fraction of sp³-hybridized carbons (Fsp3) is 0.172. The smallest absolute Gasteiger partial charge is 0.255 e. The van der Waals surface area contributed by atoms with Crippen LogP contribution >= 0.6 is 0 Å². The standard InChI is InChI=1S/C29H25FN2O5/c1-35-24-13-20(14-25(16-24)36-2)28(33)31-23-5-3-4-19(12-23)27-15-21-17-32(11-10-26(21)37-27)29(34)18-6-8-22(30)9-7-18/h3-9,12-16H,10-11,17H2,1-2H3,(H,31,33). The molecule has 7 nitrogen and oxygen atoms in total. The Morgan fingerprint density at radius 2 is 1.65 bits per heavy atom. The molecule has 4 aromatic rings. The summed E-state index contributed by atoms with van der Waals surface area (Å²) in [5, 5.41) is 2.91. The maximum Gasteiger partial charge on any atom is 0.255 e. The minimum absolute atomic E-state index is 0.146. The molecule has 1 aliphatic heterocycles. The fourth-order valence-corrected chi connectivity index (χ4v) is 4.32. The number of furan rings is 1. The highest BCUT2D eigenvalue weighted by atomic mass is 19.1. The molecule has 0 fully saturated rings. The topological polar surface area (TPSA) is 81.0 Å². The SMILES string of the molecule is COc1cc(OC)cc(C(=O)Nc2cccc(-c3cc4c(o3)CCN(C(=O)c3ccc(F)cc3)C4)c2)c1. The lowest BCUT2D eigenvalue weighted by Crippen LogP contribution is -2.35. The van der Waals surface area contributed by atoms with Crippen LogP contribution in [0.25, 0.3) is 11.3 Å². The third-order valence-corrected chi connectivity index (χ3v) is 6.26. The number of hydrogen-bond donors (Lipinski definition) is 1. The molecule has 1 aliphatic rings. The van der Waals surface area contributed by atoms with Gasteiger partial charge in [-0.2, -0.15) is 0 Å². The van der Waals surface area contributed by atoms with Crippen LogP contribution in [0, 0.1) is 5.82 Å². The highest BCUT2D eigenvalue weighted by Gasteiger charge is 2.25. The molecule has 5 rings (SSSR count). The van der Waals surface area contributed by atoms with Crippen LogP contribution < -0.4 is 14.8 Å². The minimum Gasteiger partial charge on any atom is -0.497 e. The first-order chi connectivity index (χ1) is 17.9. The van der Waals surface area contributed by atoms with E-state index in [4.69, 9.17) is 13.9 Å². The number of nitrogens with zero attached hydrogens (tertiary/aromatic N) is 1. The van der Waals surface area contributed by atoms with Crippen molar-refractivity contribution in [3.63, 3.8) is 0 Å². The van der Waals surface area contributed by atoms with Crippen LogP contribution in [0.4, 0.5) is 10.1 Å². The summed E-state index contributed by atoms with van der Waals surface area (Å²) in [7, 11) is 3.06. The van der Waals surface area contributed by atoms with Crippen molar-refractivity contribution in [2.45, 2.75) is 13.0 Å². The van der Waals surface area contributed by atoms with Crippen molar-refractivity contribution in [3.05, 3.63) is 101 Å². The quantitative estimate of drug-likeness (QED) is 0.375. The molecule has 0 unspecified atom stereocenters. The van der Waals surface area contributed by atoms with Gasteiger partial charge in [0, 0.05) is 53.5 Å². The van der Waals surface area contributed by atoms with E-state index in [1.54, 1.807) is 29.2 Å². The Hall–Kier alpha value is -4.59. The number of halogens is 1. The van der Waals surface area contributed by atoms with Gasteiger partial charge in [-0.25, -0.2) is 4.39 Å². The predicted octanol–water partition coefficient (Wildman–Crippen LogP) is 5.55. The van der Waals surface area contributed by atoms with Crippen molar-refractivity contribution in [2.24, 2.45) is 0 Å². The number of ether oxygens (including phenoxy) is 2. The Labute approximate surface area is 213 Å². The molecule has 0 atom stereocenters. The van der Waals surface area contributed by atoms with Crippen molar-refractivity contribution in [2.75, 3.05) is 26.1 Å². The maximum atomic E-state index is 13.2. The summed E-state index contributed by atoms with van der Waals surface area (Å²) in [4.78, 5) is 27.5. The number of benzene rings is 3. The molecule has 1 aromatic heterocycles. The highest BCUT2D eigenvalue weighted by molar-refractivity contribution is 6.05. The summed E-state index contributed by atoms with van der Waals surface area (Å²) in [5.41, 5.74) is 3.18. The summed E-state index contributed by atoms with van der Waals surface area (Å²) in [6, 6.07) is 19.8. The molecule has 1 N–H and O–H groups in total. The Morgan fingerprint density at radius 3 is 2.35 bits per heavy atom. The van der Waals surface area contributed by atoms with Crippen molar-refractivity contribution in [3.8, 4) is 22.8 Å². The monoisotopic (exact) mass is 500 g/mol. The molecule has 0 spiro atoms. The summed E-state index contributed by atoms with van der Waals surface area (Å²) in [5.74, 6) is 1.70. The lowest BCUT2D eigenvalue weighted by Gasteiger charge is -2.26. The zero-order valence-electron chi connectivity index (χ0n) is 20.4. The summed E-state index contributed by atoms with van der Waals surface area (Å²) in [6.07, 6.45) is 0.580. The van der Waals surface area contributed by atoms with E-state index < -0.39 is 0 Å². The number of anilines is 1. The number of amides is 2. The van der Waals surface area contributed by atoms with Crippen molar-refractivity contribution < 1.29 is 27.9 Å². The van der Waals surface area contributed by atoms with Crippen molar-refractivity contribution in [1.82, 2.24) is 4.90 Å². The molecule has 0 bridgehead atoms. The van der Waals surface area contributed by atoms with E-state index in [0.29, 0.717) is 53.6 Å². The van der Waals surface area contributed by atoms with Gasteiger partial charge >= 0.3 is 0 Å². The average molecular weight is 501 g/mol. The van der Waals surface area contributed by atoms with Crippen LogP contribution in [0.5, 0.6) is 11.5 Å². The number of methoxy groups -OCH3 is 2. The van der Waals surface area contributed by atoms with Crippen LogP contribution in [0.1, 0.15) is 32.0 Å². The molecule has 188 valence electrons. The van der Waals surface area contributed by atoms with Crippen LogP contribution in [0.15, 0.2) is 77.2 Å². The Bertz CT molecular complexity index is 1440. The number of carbonyl (C=O) groups is 2. The molecule has 0 saturated carbocycles. The van der Waals surface area contributed by atoms with Gasteiger partial charge in [-0.05, 0) is 54.6 Å². The maximum absolute atomic E-state index is 13.2. The molecule has 2 heterocycles. The first-order valence-corrected chi connectivity index (χ1v) is 11.7. The second-order valence-electron chi connectivity index (χ2n) is 8.68. The first-order valence-electron chi connectivity index (χ1n) is 11.7. The normalized spacial score (nSPS) is 12.6. The molecule has 0 aliphatic carbocycles. The van der Waals surface area contributed by atoms with Gasteiger partial charge in [0.2, 0.25) is 0 Å². The summed E-state index contributed by atoms with van der Waals surface area (Å²) >= 11 is 0. The van der Waals surface area contributed by atoms with Gasteiger partial charge in [0.15, 0.2) is 0 Å². The van der Waals surface area contributed by atoms with Gasteiger partial charge < -0.3 is 24.1 Å². The van der Waals surface area contributed by atoms with E-state index in [1.165, 1.54) is 38.5 Å². The molecule has 0 radical (unpaired) electrons. The third-order valence-electron chi connectivity index (χ3n) is 6.26. The van der Waals surface area contributed by atoms with E-state index in [2.05, 4.69) is 5.32 Å². The van der Waals surface area contributed by atoms with Gasteiger partial charge in [-0.1, -0.05) is 12.1 Å². The number of fused-ring (bicyclic) bond motifs is 1. The average Bonchev–Trinajstić information content (AvgIpc) is 3.36. The van der Waals surface area contributed by atoms with Crippen LogP contribution in [0.2, 0.25) is 0 Å². The molecule has 2 amide bonds. The minimum atomic E-state index is -0.376. The predicted molar refractivity (Wildman–Crippen MR) is 136 cm³/mol. The first kappa shape index (κ1) is 24.1. The van der Waals surface area contributed by atoms with E-state index >= 15 is 0 Å². The summed E-state index contributed by atoms with van der Waals surface area (Å²) < 4.78 is 29.9. The zero-order chi connectivity index (χ0) is 25.9. The van der Waals surface area contributed by atoms with E-state index in [0.717, 1.165) is 16.9 Å². The number of rotatable bonds is 6. The van der Waals surface area contributed by atoms with E-state index in [-0.39, 0.29) is 17.6 Å². The highest BCUT2D eigenvalue weighted by Crippen LogP contribution is 2.32. The molecule has 8 heteroatoms. The number of hydrogen-bond acceptors (Lipinski definition) is 5. The Morgan fingerprint density at radius 1 is 0.919 bits per heavy atom. The van der Waals surface area contributed by atoms with Gasteiger partial charge in [-0.15, -0.1) is 0 Å². The number of nitrogens with one attached hydrogen (secondary N) is 1. The molecular formula is C29H25FN2O5. The second-order valence-corrected chi connectivity index (χ2v) is 8.68. The molecular weight excluding hydrogens is 475 g/mol. The van der Waals surface area contributed by atoms with E-state index in [1.807, 2.05) is 24.3 Å². The van der Waals surface area contributed by atoms with Gasteiger partial charge in [0.1, 0.15) is 28.8 Å². The Balaban J connectivity index is 1.32. The van der Waals surface area contributed by atoms with Crippen LogP contribution in [-0.4, -0.2) is 37.5 Å². The third kappa shape index (κ3) is 5.18. The zero-order valence-corrected chi connectivity index (χ0v) is 20.4. The largest absolute Gasteiger partial charge is 0.497 e. The Kier molecular flexibility index (Phi) is 6.64. The lowest BCUT2D eigenvalue weighted by molar-refractivity contribution is 0.0729. The fourth-order valence-electron chi connectivity index (χ4n) is 4.32. The van der Waals surface area contributed by atoms with E-state index in [9.17, 15) is 14.0 Å². The van der Waals surface area contributed by atoms with Crippen molar-refractivity contribution >= 4 is 17.5 Å². The number of carbonyl (C=O) groups excluding carboxylic acids is 2. The lowest BCUT2D eigenvalue weighted by atomic mass is 10.1. The second kappa shape index (κ2) is 10.2.